The maximum atomic E-state index is 10.9. The standard InChI is InChI=1S/C15H28NO10/c1-21-9(10(6-17)25-12(8-19)22-2)5-16-13(20)15(24-4)26-11(7-18)14(16)23-3/h5,8-15,17-18,20H,6-7H2,1-4H3/q+1/b16-5+. The van der Waals surface area contributed by atoms with Crippen LogP contribution in [0.5, 0.6) is 0 Å². The van der Waals surface area contributed by atoms with Crippen LogP contribution in [0.25, 0.3) is 0 Å². The smallest absolute Gasteiger partial charge is 0.309 e. The number of hydrogen-bond donors (Lipinski definition) is 3. The molecule has 26 heavy (non-hydrogen) atoms. The first-order valence-corrected chi connectivity index (χ1v) is 7.90. The van der Waals surface area contributed by atoms with Gasteiger partial charge in [-0.3, -0.25) is 4.79 Å². The maximum Gasteiger partial charge on any atom is 0.309 e. The van der Waals surface area contributed by atoms with Gasteiger partial charge in [-0.25, -0.2) is 0 Å². The molecule has 1 aliphatic heterocycles. The number of carbonyl (C=O) groups is 1. The summed E-state index contributed by atoms with van der Waals surface area (Å²) < 4.78 is 32.6. The van der Waals surface area contributed by atoms with Gasteiger partial charge in [-0.15, -0.1) is 0 Å². The van der Waals surface area contributed by atoms with Crippen molar-refractivity contribution in [3.8, 4) is 0 Å². The summed E-state index contributed by atoms with van der Waals surface area (Å²) >= 11 is 0. The summed E-state index contributed by atoms with van der Waals surface area (Å²) in [4.78, 5) is 10.9. The summed E-state index contributed by atoms with van der Waals surface area (Å²) in [7, 11) is 5.36. The average Bonchev–Trinajstić information content (AvgIpc) is 2.68. The number of nitrogens with zero attached hydrogens (tertiary/aromatic N) is 1. The molecule has 11 heteroatoms. The highest BCUT2D eigenvalue weighted by atomic mass is 16.7. The van der Waals surface area contributed by atoms with Gasteiger partial charge in [0.15, 0.2) is 24.7 Å². The van der Waals surface area contributed by atoms with Gasteiger partial charge in [-0.05, 0) is 0 Å². The van der Waals surface area contributed by atoms with Crippen molar-refractivity contribution in [1.29, 1.82) is 0 Å². The van der Waals surface area contributed by atoms with Gasteiger partial charge in [0.2, 0.25) is 12.6 Å². The highest BCUT2D eigenvalue weighted by Crippen LogP contribution is 2.20. The van der Waals surface area contributed by atoms with Gasteiger partial charge >= 0.3 is 6.23 Å². The van der Waals surface area contributed by atoms with E-state index >= 15 is 0 Å². The molecule has 1 aliphatic rings. The lowest BCUT2D eigenvalue weighted by molar-refractivity contribution is -0.720. The molecule has 152 valence electrons. The molecule has 1 rings (SSSR count). The normalized spacial score (nSPS) is 31.6. The van der Waals surface area contributed by atoms with E-state index in [1.807, 2.05) is 0 Å². The molecule has 11 nitrogen and oxygen atoms in total. The monoisotopic (exact) mass is 382 g/mol. The fraction of sp³-hybridized carbons (Fsp3) is 0.867. The Kier molecular flexibility index (Phi) is 10.3. The molecule has 1 fully saturated rings. The second kappa shape index (κ2) is 11.6. The van der Waals surface area contributed by atoms with Crippen LogP contribution in [0.1, 0.15) is 0 Å². The molecule has 0 spiro atoms. The fourth-order valence-corrected chi connectivity index (χ4v) is 2.57. The van der Waals surface area contributed by atoms with Crippen LogP contribution in [0.2, 0.25) is 0 Å². The number of aliphatic hydroxyl groups excluding tert-OH is 3. The Morgan fingerprint density at radius 2 is 1.85 bits per heavy atom. The van der Waals surface area contributed by atoms with Gasteiger partial charge in [0.1, 0.15) is 6.10 Å². The number of aliphatic hydroxyl groups is 3. The Morgan fingerprint density at radius 3 is 2.27 bits per heavy atom. The summed E-state index contributed by atoms with van der Waals surface area (Å²) in [6.45, 7) is -0.873. The SMILES string of the molecule is COC(C=O)OC(CO)C(/C=[N+]1\C(O)C(OC)OC(CO)C1OC)OC. The van der Waals surface area contributed by atoms with E-state index in [1.165, 1.54) is 39.2 Å². The molecule has 3 N–H and O–H groups in total. The Bertz CT molecular complexity index is 448. The molecular weight excluding hydrogens is 354 g/mol. The molecule has 1 saturated heterocycles. The van der Waals surface area contributed by atoms with Crippen LogP contribution in [0.15, 0.2) is 0 Å². The Hall–Kier alpha value is -1.02. The molecule has 0 amide bonds. The van der Waals surface area contributed by atoms with Crippen molar-refractivity contribution in [2.45, 2.75) is 43.3 Å². The lowest BCUT2D eigenvalue weighted by Crippen LogP contribution is -2.60. The molecule has 0 bridgehead atoms. The number of ether oxygens (including phenoxy) is 6. The molecular formula is C15H28NO10+. The van der Waals surface area contributed by atoms with Gasteiger partial charge in [-0.1, -0.05) is 0 Å². The molecule has 7 atom stereocenters. The van der Waals surface area contributed by atoms with E-state index in [4.69, 9.17) is 28.4 Å². The number of hydrogen-bond acceptors (Lipinski definition) is 10. The van der Waals surface area contributed by atoms with Crippen molar-refractivity contribution >= 4 is 12.5 Å². The zero-order chi connectivity index (χ0) is 19.7. The van der Waals surface area contributed by atoms with Crippen LogP contribution in [0.3, 0.4) is 0 Å². The van der Waals surface area contributed by atoms with E-state index in [-0.39, 0.29) is 6.61 Å². The molecule has 0 aromatic heterocycles. The van der Waals surface area contributed by atoms with Crippen LogP contribution < -0.4 is 0 Å². The second-order valence-corrected chi connectivity index (χ2v) is 5.39. The third-order valence-corrected chi connectivity index (χ3v) is 3.91. The molecule has 0 radical (unpaired) electrons. The minimum Gasteiger partial charge on any atom is -0.394 e. The first-order valence-electron chi connectivity index (χ1n) is 7.90. The molecule has 0 aromatic rings. The van der Waals surface area contributed by atoms with Crippen LogP contribution >= 0.6 is 0 Å². The third kappa shape index (κ3) is 5.49. The largest absolute Gasteiger partial charge is 0.394 e. The lowest BCUT2D eigenvalue weighted by atomic mass is 10.2. The van der Waals surface area contributed by atoms with Crippen molar-refractivity contribution in [3.05, 3.63) is 0 Å². The summed E-state index contributed by atoms with van der Waals surface area (Å²) in [6.07, 6.45) is -5.22. The Morgan fingerprint density at radius 1 is 1.15 bits per heavy atom. The van der Waals surface area contributed by atoms with Gasteiger partial charge < -0.3 is 43.7 Å². The topological polar surface area (TPSA) is 136 Å². The average molecular weight is 382 g/mol. The van der Waals surface area contributed by atoms with Gasteiger partial charge in [0, 0.05) is 28.4 Å². The van der Waals surface area contributed by atoms with E-state index < -0.39 is 50.0 Å². The summed E-state index contributed by atoms with van der Waals surface area (Å²) in [5.74, 6) is 0. The van der Waals surface area contributed by atoms with Gasteiger partial charge in [-0.2, -0.15) is 4.58 Å². The van der Waals surface area contributed by atoms with Crippen molar-refractivity contribution in [2.24, 2.45) is 0 Å². The summed E-state index contributed by atoms with van der Waals surface area (Å²) in [6, 6.07) is 0. The van der Waals surface area contributed by atoms with Crippen molar-refractivity contribution in [3.63, 3.8) is 0 Å². The predicted molar refractivity (Wildman–Crippen MR) is 85.5 cm³/mol. The summed E-state index contributed by atoms with van der Waals surface area (Å²) in [5.41, 5.74) is 0. The minimum atomic E-state index is -1.28. The highest BCUT2D eigenvalue weighted by Gasteiger charge is 2.48. The number of carbonyl (C=O) groups excluding carboxylic acids is 1. The van der Waals surface area contributed by atoms with E-state index in [0.29, 0.717) is 6.29 Å². The molecule has 1 heterocycles. The Labute approximate surface area is 151 Å². The third-order valence-electron chi connectivity index (χ3n) is 3.91. The van der Waals surface area contributed by atoms with E-state index in [2.05, 4.69) is 0 Å². The first kappa shape index (κ1) is 23.0. The van der Waals surface area contributed by atoms with Gasteiger partial charge in [0.05, 0.1) is 13.2 Å². The number of rotatable bonds is 11. The van der Waals surface area contributed by atoms with E-state index in [9.17, 15) is 20.1 Å². The maximum absolute atomic E-state index is 10.9. The first-order chi connectivity index (χ1) is 12.5. The van der Waals surface area contributed by atoms with Crippen molar-refractivity contribution in [1.82, 2.24) is 0 Å². The fourth-order valence-electron chi connectivity index (χ4n) is 2.57. The molecule has 0 saturated carbocycles. The lowest BCUT2D eigenvalue weighted by Gasteiger charge is -2.35. The van der Waals surface area contributed by atoms with E-state index in [1.54, 1.807) is 0 Å². The van der Waals surface area contributed by atoms with Crippen LogP contribution in [-0.2, 0) is 33.2 Å². The quantitative estimate of drug-likeness (QED) is 0.196. The van der Waals surface area contributed by atoms with E-state index in [0.717, 1.165) is 0 Å². The number of morpholine rings is 1. The minimum absolute atomic E-state index is 0.385. The van der Waals surface area contributed by atoms with Crippen LogP contribution in [0, 0.1) is 0 Å². The second-order valence-electron chi connectivity index (χ2n) is 5.39. The number of aldehydes is 1. The summed E-state index contributed by atoms with van der Waals surface area (Å²) in [5, 5.41) is 29.5. The number of methoxy groups -OCH3 is 4. The van der Waals surface area contributed by atoms with Crippen molar-refractivity contribution < 1.29 is 53.1 Å². The predicted octanol–water partition coefficient (Wildman–Crippen LogP) is -2.71. The van der Waals surface area contributed by atoms with Crippen LogP contribution in [0.4, 0.5) is 0 Å². The van der Waals surface area contributed by atoms with Crippen molar-refractivity contribution in [2.75, 3.05) is 41.7 Å². The zero-order valence-corrected chi connectivity index (χ0v) is 15.3. The molecule has 0 aromatic carbocycles. The molecule has 0 aliphatic carbocycles. The van der Waals surface area contributed by atoms with Gasteiger partial charge in [0.25, 0.3) is 6.23 Å². The Balaban J connectivity index is 3.15. The zero-order valence-electron chi connectivity index (χ0n) is 15.3. The molecule has 7 unspecified atom stereocenters. The highest BCUT2D eigenvalue weighted by molar-refractivity contribution is 5.59. The van der Waals surface area contributed by atoms with Crippen LogP contribution in [-0.4, -0.2) is 117 Å².